The van der Waals surface area contributed by atoms with Gasteiger partial charge < -0.3 is 0 Å². The molecule has 0 amide bonds. The Morgan fingerprint density at radius 3 is 2.82 bits per heavy atom. The maximum absolute atomic E-state index is 5.53. The zero-order chi connectivity index (χ0) is 8.53. The van der Waals surface area contributed by atoms with Crippen LogP contribution in [0.3, 0.4) is 0 Å². The predicted molar refractivity (Wildman–Crippen MR) is 51.8 cm³/mol. The first-order chi connectivity index (χ1) is 5.31. The molecule has 0 saturated carbocycles. The van der Waals surface area contributed by atoms with E-state index < -0.39 is 0 Å². The monoisotopic (exact) mass is 170 g/mol. The Morgan fingerprint density at radius 1 is 1.55 bits per heavy atom. The van der Waals surface area contributed by atoms with Gasteiger partial charge in [-0.25, -0.2) is 0 Å². The lowest BCUT2D eigenvalue weighted by molar-refractivity contribution is 0.982. The summed E-state index contributed by atoms with van der Waals surface area (Å²) in [6.45, 7) is 4.00. The fourth-order valence-corrected chi connectivity index (χ4v) is 0.897. The van der Waals surface area contributed by atoms with Crippen molar-refractivity contribution in [1.82, 2.24) is 0 Å². The normalized spacial score (nSPS) is 10.6. The third-order valence-corrected chi connectivity index (χ3v) is 1.64. The van der Waals surface area contributed by atoms with Crippen molar-refractivity contribution in [3.05, 3.63) is 11.6 Å². The quantitative estimate of drug-likeness (QED) is 0.345. The molecular weight excluding hydrogens is 156 g/mol. The molecule has 0 saturated heterocycles. The van der Waals surface area contributed by atoms with Gasteiger partial charge in [-0.1, -0.05) is 11.6 Å². The van der Waals surface area contributed by atoms with Crippen LogP contribution in [-0.4, -0.2) is 5.88 Å². The van der Waals surface area contributed by atoms with E-state index in [0.717, 1.165) is 25.1 Å². The average Bonchev–Trinajstić information content (AvgIpc) is 2.01. The van der Waals surface area contributed by atoms with Gasteiger partial charge in [-0.3, -0.25) is 0 Å². The number of alkyl halides is 1. The topological polar surface area (TPSA) is 0 Å². The SMILES string of the molecule is CC#CCC/C(C)=C/CCCl. The number of hydrogen-bond acceptors (Lipinski definition) is 0. The lowest BCUT2D eigenvalue weighted by Gasteiger charge is -1.94. The minimum Gasteiger partial charge on any atom is -0.126 e. The highest BCUT2D eigenvalue weighted by molar-refractivity contribution is 6.17. The lowest BCUT2D eigenvalue weighted by atomic mass is 10.1. The van der Waals surface area contributed by atoms with Crippen LogP contribution in [0, 0.1) is 11.8 Å². The van der Waals surface area contributed by atoms with E-state index in [1.165, 1.54) is 5.57 Å². The summed E-state index contributed by atoms with van der Waals surface area (Å²) in [5.74, 6) is 6.63. The van der Waals surface area contributed by atoms with Gasteiger partial charge in [-0.2, -0.15) is 0 Å². The van der Waals surface area contributed by atoms with Gasteiger partial charge in [0.2, 0.25) is 0 Å². The largest absolute Gasteiger partial charge is 0.126 e. The maximum Gasteiger partial charge on any atom is 0.0258 e. The van der Waals surface area contributed by atoms with Gasteiger partial charge in [0.15, 0.2) is 0 Å². The molecule has 0 radical (unpaired) electrons. The van der Waals surface area contributed by atoms with Gasteiger partial charge in [0.05, 0.1) is 0 Å². The first-order valence-corrected chi connectivity index (χ1v) is 4.46. The van der Waals surface area contributed by atoms with Crippen molar-refractivity contribution in [2.24, 2.45) is 0 Å². The van der Waals surface area contributed by atoms with Gasteiger partial charge in [0.1, 0.15) is 0 Å². The van der Waals surface area contributed by atoms with Crippen molar-refractivity contribution in [2.45, 2.75) is 33.1 Å². The number of hydrogen-bond donors (Lipinski definition) is 0. The predicted octanol–water partition coefficient (Wildman–Crippen LogP) is 3.37. The highest BCUT2D eigenvalue weighted by Gasteiger charge is 1.86. The standard InChI is InChI=1S/C10H15Cl/c1-3-4-5-7-10(2)8-6-9-11/h8H,5-7,9H2,1-2H3/b10-8+. The minimum absolute atomic E-state index is 0.719. The van der Waals surface area contributed by atoms with Crippen LogP contribution in [0.1, 0.15) is 33.1 Å². The zero-order valence-corrected chi connectivity index (χ0v) is 8.04. The van der Waals surface area contributed by atoms with E-state index in [9.17, 15) is 0 Å². The fraction of sp³-hybridized carbons (Fsp3) is 0.600. The van der Waals surface area contributed by atoms with Crippen LogP contribution >= 0.6 is 11.6 Å². The maximum atomic E-state index is 5.53. The van der Waals surface area contributed by atoms with E-state index in [-0.39, 0.29) is 0 Å². The van der Waals surface area contributed by atoms with Crippen molar-refractivity contribution in [3.63, 3.8) is 0 Å². The van der Waals surface area contributed by atoms with Crippen LogP contribution in [0.15, 0.2) is 11.6 Å². The van der Waals surface area contributed by atoms with Crippen LogP contribution in [0.2, 0.25) is 0 Å². The molecule has 62 valence electrons. The first kappa shape index (κ1) is 10.6. The molecule has 0 aromatic carbocycles. The summed E-state index contributed by atoms with van der Waals surface area (Å²) in [5, 5.41) is 0. The molecule has 0 rings (SSSR count). The third-order valence-electron chi connectivity index (χ3n) is 1.42. The molecule has 0 aliphatic rings. The summed E-state index contributed by atoms with van der Waals surface area (Å²) < 4.78 is 0. The zero-order valence-electron chi connectivity index (χ0n) is 7.28. The second-order valence-electron chi connectivity index (χ2n) is 2.45. The summed E-state index contributed by atoms with van der Waals surface area (Å²) in [5.41, 5.74) is 1.40. The summed E-state index contributed by atoms with van der Waals surface area (Å²) in [7, 11) is 0. The molecule has 0 unspecified atom stereocenters. The first-order valence-electron chi connectivity index (χ1n) is 3.92. The molecule has 1 heteroatoms. The second kappa shape index (κ2) is 7.69. The van der Waals surface area contributed by atoms with Gasteiger partial charge in [0.25, 0.3) is 0 Å². The minimum atomic E-state index is 0.719. The molecule has 11 heavy (non-hydrogen) atoms. The lowest BCUT2D eigenvalue weighted by Crippen LogP contribution is -1.77. The van der Waals surface area contributed by atoms with E-state index in [1.54, 1.807) is 0 Å². The van der Waals surface area contributed by atoms with Crippen molar-refractivity contribution < 1.29 is 0 Å². The van der Waals surface area contributed by atoms with E-state index >= 15 is 0 Å². The van der Waals surface area contributed by atoms with E-state index in [4.69, 9.17) is 11.6 Å². The van der Waals surface area contributed by atoms with Gasteiger partial charge in [-0.15, -0.1) is 23.4 Å². The van der Waals surface area contributed by atoms with E-state index in [0.29, 0.717) is 0 Å². The Hall–Kier alpha value is -0.410. The average molecular weight is 171 g/mol. The Kier molecular flexibility index (Phi) is 7.41. The van der Waals surface area contributed by atoms with Crippen molar-refractivity contribution in [3.8, 4) is 11.8 Å². The highest BCUT2D eigenvalue weighted by Crippen LogP contribution is 2.04. The third kappa shape index (κ3) is 7.49. The van der Waals surface area contributed by atoms with Crippen LogP contribution in [0.4, 0.5) is 0 Å². The van der Waals surface area contributed by atoms with Crippen LogP contribution in [-0.2, 0) is 0 Å². The molecule has 0 fully saturated rings. The molecule has 0 atom stereocenters. The molecule has 0 aromatic rings. The summed E-state index contributed by atoms with van der Waals surface area (Å²) in [6, 6.07) is 0. The van der Waals surface area contributed by atoms with E-state index in [2.05, 4.69) is 24.8 Å². The van der Waals surface area contributed by atoms with Crippen molar-refractivity contribution in [1.29, 1.82) is 0 Å². The molecular formula is C10H15Cl. The summed E-state index contributed by atoms with van der Waals surface area (Å²) in [4.78, 5) is 0. The molecule has 0 bridgehead atoms. The molecule has 0 aliphatic carbocycles. The van der Waals surface area contributed by atoms with Crippen LogP contribution in [0.25, 0.3) is 0 Å². The molecule has 0 aliphatic heterocycles. The van der Waals surface area contributed by atoms with Crippen molar-refractivity contribution in [2.75, 3.05) is 5.88 Å². The molecule has 0 nitrogen and oxygen atoms in total. The van der Waals surface area contributed by atoms with Crippen LogP contribution < -0.4 is 0 Å². The van der Waals surface area contributed by atoms with Gasteiger partial charge in [-0.05, 0) is 26.7 Å². The Morgan fingerprint density at radius 2 is 2.27 bits per heavy atom. The van der Waals surface area contributed by atoms with Gasteiger partial charge in [0, 0.05) is 12.3 Å². The van der Waals surface area contributed by atoms with E-state index in [1.807, 2.05) is 6.92 Å². The smallest absolute Gasteiger partial charge is 0.0258 e. The molecule has 0 N–H and O–H groups in total. The Balaban J connectivity index is 3.47. The molecule has 0 spiro atoms. The van der Waals surface area contributed by atoms with Crippen LogP contribution in [0.5, 0.6) is 0 Å². The molecule has 0 aromatic heterocycles. The number of rotatable bonds is 4. The van der Waals surface area contributed by atoms with Crippen molar-refractivity contribution >= 4 is 11.6 Å². The molecule has 0 heterocycles. The van der Waals surface area contributed by atoms with Gasteiger partial charge >= 0.3 is 0 Å². The second-order valence-corrected chi connectivity index (χ2v) is 2.83. The fourth-order valence-electron chi connectivity index (χ4n) is 0.788. The Bertz CT molecular complexity index is 169. The number of allylic oxidation sites excluding steroid dienone is 2. The summed E-state index contributed by atoms with van der Waals surface area (Å²) in [6.07, 6.45) is 5.22. The highest BCUT2D eigenvalue weighted by atomic mass is 35.5. The summed E-state index contributed by atoms with van der Waals surface area (Å²) >= 11 is 5.53. The Labute approximate surface area is 74.6 Å². The number of halogens is 1.